The van der Waals surface area contributed by atoms with Crippen LogP contribution in [0.15, 0.2) is 42.5 Å². The molecule has 0 N–H and O–H groups in total. The Labute approximate surface area is 145 Å². The third kappa shape index (κ3) is 3.46. The average Bonchev–Trinajstić information content (AvgIpc) is 2.59. The molecular weight excluding hydrogens is 302 g/mol. The fraction of sp³-hybridized carbons (Fsp3) is 0.429. The SMILES string of the molecule is CCCN(CC)[C@H]1CCc2c(cccc2-c2ccccc2Cl)C1. The van der Waals surface area contributed by atoms with Crippen LogP contribution in [0.5, 0.6) is 0 Å². The molecular formula is C21H26ClN. The van der Waals surface area contributed by atoms with Crippen LogP contribution in [-0.2, 0) is 12.8 Å². The lowest BCUT2D eigenvalue weighted by atomic mass is 9.83. The van der Waals surface area contributed by atoms with Gasteiger partial charge in [-0.25, -0.2) is 0 Å². The second-order valence-electron chi connectivity index (χ2n) is 6.45. The predicted molar refractivity (Wildman–Crippen MR) is 100 cm³/mol. The fourth-order valence-corrected chi connectivity index (χ4v) is 4.16. The largest absolute Gasteiger partial charge is 0.300 e. The summed E-state index contributed by atoms with van der Waals surface area (Å²) >= 11 is 6.44. The first kappa shape index (κ1) is 16.5. The highest BCUT2D eigenvalue weighted by atomic mass is 35.5. The van der Waals surface area contributed by atoms with Crippen LogP contribution < -0.4 is 0 Å². The van der Waals surface area contributed by atoms with Crippen LogP contribution in [0, 0.1) is 0 Å². The zero-order chi connectivity index (χ0) is 16.2. The summed E-state index contributed by atoms with van der Waals surface area (Å²) in [7, 11) is 0. The van der Waals surface area contributed by atoms with Gasteiger partial charge in [0.15, 0.2) is 0 Å². The van der Waals surface area contributed by atoms with Crippen molar-refractivity contribution in [1.82, 2.24) is 4.90 Å². The number of rotatable bonds is 5. The number of benzene rings is 2. The minimum Gasteiger partial charge on any atom is -0.300 e. The van der Waals surface area contributed by atoms with Gasteiger partial charge in [0.1, 0.15) is 0 Å². The number of hydrogen-bond acceptors (Lipinski definition) is 1. The highest BCUT2D eigenvalue weighted by Gasteiger charge is 2.25. The average molecular weight is 328 g/mol. The minimum atomic E-state index is 0.689. The van der Waals surface area contributed by atoms with Gasteiger partial charge in [0.05, 0.1) is 0 Å². The maximum Gasteiger partial charge on any atom is 0.0484 e. The van der Waals surface area contributed by atoms with E-state index in [9.17, 15) is 0 Å². The Kier molecular flexibility index (Phi) is 5.40. The molecule has 0 aliphatic heterocycles. The van der Waals surface area contributed by atoms with Crippen molar-refractivity contribution in [3.05, 3.63) is 58.6 Å². The summed E-state index contributed by atoms with van der Waals surface area (Å²) in [6.07, 6.45) is 4.81. The topological polar surface area (TPSA) is 3.24 Å². The predicted octanol–water partition coefficient (Wildman–Crippen LogP) is 5.60. The molecule has 1 aliphatic carbocycles. The van der Waals surface area contributed by atoms with Gasteiger partial charge < -0.3 is 4.90 Å². The van der Waals surface area contributed by atoms with E-state index in [-0.39, 0.29) is 0 Å². The second kappa shape index (κ2) is 7.51. The van der Waals surface area contributed by atoms with Gasteiger partial charge in [0, 0.05) is 16.6 Å². The van der Waals surface area contributed by atoms with E-state index < -0.39 is 0 Å². The van der Waals surface area contributed by atoms with Crippen molar-refractivity contribution in [2.75, 3.05) is 13.1 Å². The zero-order valence-corrected chi connectivity index (χ0v) is 14.9. The van der Waals surface area contributed by atoms with E-state index in [2.05, 4.69) is 49.1 Å². The number of halogens is 1. The molecule has 0 spiro atoms. The molecule has 0 bridgehead atoms. The van der Waals surface area contributed by atoms with E-state index in [4.69, 9.17) is 11.6 Å². The molecule has 1 aliphatic rings. The minimum absolute atomic E-state index is 0.689. The standard InChI is InChI=1S/C21H26ClN/c1-3-14-23(4-2)17-12-13-18-16(15-17)8-7-10-19(18)20-9-5-6-11-21(20)22/h5-11,17H,3-4,12-15H2,1-2H3/t17-/m0/s1. The van der Waals surface area contributed by atoms with Gasteiger partial charge in [-0.2, -0.15) is 0 Å². The Morgan fingerprint density at radius 1 is 1.04 bits per heavy atom. The molecule has 0 radical (unpaired) electrons. The van der Waals surface area contributed by atoms with Gasteiger partial charge in [0.2, 0.25) is 0 Å². The first-order valence-electron chi connectivity index (χ1n) is 8.84. The zero-order valence-electron chi connectivity index (χ0n) is 14.2. The smallest absolute Gasteiger partial charge is 0.0484 e. The fourth-order valence-electron chi connectivity index (χ4n) is 3.92. The van der Waals surface area contributed by atoms with Crippen molar-refractivity contribution in [2.45, 2.75) is 45.6 Å². The van der Waals surface area contributed by atoms with Crippen LogP contribution in [0.1, 0.15) is 37.8 Å². The molecule has 2 aromatic rings. The van der Waals surface area contributed by atoms with Crippen LogP contribution in [0.4, 0.5) is 0 Å². The normalized spacial score (nSPS) is 17.3. The summed E-state index contributed by atoms with van der Waals surface area (Å²) in [6.45, 7) is 6.92. The Hall–Kier alpha value is -1.31. The van der Waals surface area contributed by atoms with Gasteiger partial charge in [-0.05, 0) is 61.5 Å². The molecule has 2 aromatic carbocycles. The molecule has 0 saturated heterocycles. The van der Waals surface area contributed by atoms with Crippen molar-refractivity contribution in [1.29, 1.82) is 0 Å². The lowest BCUT2D eigenvalue weighted by Crippen LogP contribution is -2.39. The Bertz CT molecular complexity index is 665. The van der Waals surface area contributed by atoms with Crippen molar-refractivity contribution in [2.24, 2.45) is 0 Å². The first-order valence-corrected chi connectivity index (χ1v) is 9.22. The van der Waals surface area contributed by atoms with Crippen LogP contribution in [-0.4, -0.2) is 24.0 Å². The molecule has 0 aromatic heterocycles. The molecule has 0 fully saturated rings. The maximum absolute atomic E-state index is 6.44. The highest BCUT2D eigenvalue weighted by Crippen LogP contribution is 2.36. The molecule has 0 unspecified atom stereocenters. The van der Waals surface area contributed by atoms with Gasteiger partial charge in [-0.15, -0.1) is 0 Å². The van der Waals surface area contributed by atoms with Crippen molar-refractivity contribution < 1.29 is 0 Å². The second-order valence-corrected chi connectivity index (χ2v) is 6.86. The lowest BCUT2D eigenvalue weighted by molar-refractivity contribution is 0.189. The molecule has 0 saturated carbocycles. The summed E-state index contributed by atoms with van der Waals surface area (Å²) in [6, 6.07) is 15.6. The summed E-state index contributed by atoms with van der Waals surface area (Å²) in [5, 5.41) is 0.851. The molecule has 3 rings (SSSR count). The Morgan fingerprint density at radius 3 is 2.57 bits per heavy atom. The van der Waals surface area contributed by atoms with Gasteiger partial charge in [-0.1, -0.05) is 61.8 Å². The summed E-state index contributed by atoms with van der Waals surface area (Å²) in [5.41, 5.74) is 5.51. The number of hydrogen-bond donors (Lipinski definition) is 0. The van der Waals surface area contributed by atoms with Crippen molar-refractivity contribution in [3.63, 3.8) is 0 Å². The maximum atomic E-state index is 6.44. The molecule has 122 valence electrons. The van der Waals surface area contributed by atoms with Crippen molar-refractivity contribution in [3.8, 4) is 11.1 Å². The van der Waals surface area contributed by atoms with Crippen LogP contribution in [0.25, 0.3) is 11.1 Å². The lowest BCUT2D eigenvalue weighted by Gasteiger charge is -2.35. The van der Waals surface area contributed by atoms with Crippen LogP contribution in [0.2, 0.25) is 5.02 Å². The molecule has 2 heteroatoms. The summed E-state index contributed by atoms with van der Waals surface area (Å²) in [4.78, 5) is 2.64. The van der Waals surface area contributed by atoms with E-state index in [1.165, 1.54) is 48.1 Å². The monoisotopic (exact) mass is 327 g/mol. The van der Waals surface area contributed by atoms with E-state index in [0.29, 0.717) is 6.04 Å². The molecule has 1 nitrogen and oxygen atoms in total. The molecule has 23 heavy (non-hydrogen) atoms. The molecule has 0 heterocycles. The van der Waals surface area contributed by atoms with E-state index >= 15 is 0 Å². The van der Waals surface area contributed by atoms with Gasteiger partial charge in [0.25, 0.3) is 0 Å². The van der Waals surface area contributed by atoms with Gasteiger partial charge in [-0.3, -0.25) is 0 Å². The van der Waals surface area contributed by atoms with E-state index in [1.807, 2.05) is 12.1 Å². The van der Waals surface area contributed by atoms with E-state index in [1.54, 1.807) is 0 Å². The quantitative estimate of drug-likeness (QED) is 0.691. The molecule has 0 amide bonds. The highest BCUT2D eigenvalue weighted by molar-refractivity contribution is 6.33. The number of nitrogens with zero attached hydrogens (tertiary/aromatic N) is 1. The Morgan fingerprint density at radius 2 is 1.83 bits per heavy atom. The van der Waals surface area contributed by atoms with Crippen molar-refractivity contribution >= 4 is 11.6 Å². The Balaban J connectivity index is 1.91. The summed E-state index contributed by atoms with van der Waals surface area (Å²) < 4.78 is 0. The summed E-state index contributed by atoms with van der Waals surface area (Å²) in [5.74, 6) is 0. The van der Waals surface area contributed by atoms with Gasteiger partial charge >= 0.3 is 0 Å². The number of likely N-dealkylation sites (N-methyl/N-ethyl adjacent to an activating group) is 1. The third-order valence-corrected chi connectivity index (χ3v) is 5.38. The molecule has 1 atom stereocenters. The third-order valence-electron chi connectivity index (χ3n) is 5.05. The first-order chi connectivity index (χ1) is 11.2. The van der Waals surface area contributed by atoms with Crippen LogP contribution >= 0.6 is 11.6 Å². The van der Waals surface area contributed by atoms with Crippen LogP contribution in [0.3, 0.4) is 0 Å². The number of fused-ring (bicyclic) bond motifs is 1. The van der Waals surface area contributed by atoms with E-state index in [0.717, 1.165) is 18.0 Å².